The van der Waals surface area contributed by atoms with E-state index in [9.17, 15) is 13.2 Å². The molecule has 0 bridgehead atoms. The highest BCUT2D eigenvalue weighted by Gasteiger charge is 2.14. The lowest BCUT2D eigenvalue weighted by Gasteiger charge is -1.95. The molecule has 2 aromatic heterocycles. The van der Waals surface area contributed by atoms with E-state index in [0.29, 0.717) is 5.69 Å². The Kier molecular flexibility index (Phi) is 4.46. The minimum absolute atomic E-state index is 0.0440. The molecular formula is C15H12N4O5S. The topological polar surface area (TPSA) is 138 Å². The summed E-state index contributed by atoms with van der Waals surface area (Å²) in [6.07, 6.45) is 1.10. The molecule has 9 nitrogen and oxygen atoms in total. The van der Waals surface area contributed by atoms with Crippen molar-refractivity contribution in [1.29, 1.82) is 0 Å². The molecule has 3 aromatic rings. The van der Waals surface area contributed by atoms with E-state index in [1.54, 1.807) is 6.07 Å². The van der Waals surface area contributed by atoms with E-state index in [4.69, 9.17) is 8.97 Å². The summed E-state index contributed by atoms with van der Waals surface area (Å²) in [6.45, 7) is 0. The molecule has 3 rings (SSSR count). The van der Waals surface area contributed by atoms with Crippen molar-refractivity contribution in [3.05, 3.63) is 60.0 Å². The normalized spacial score (nSPS) is 11.7. The fourth-order valence-electron chi connectivity index (χ4n) is 1.95. The molecule has 0 fully saturated rings. The molecule has 0 aliphatic heterocycles. The van der Waals surface area contributed by atoms with Gasteiger partial charge in [-0.25, -0.2) is 5.43 Å². The first-order valence-corrected chi connectivity index (χ1v) is 8.39. The van der Waals surface area contributed by atoms with Gasteiger partial charge in [0.25, 0.3) is 5.91 Å². The number of aromatic amines is 1. The number of nitrogens with zero attached hydrogens (tertiary/aromatic N) is 2. The Bertz CT molecular complexity index is 1020. The van der Waals surface area contributed by atoms with E-state index in [2.05, 4.69) is 20.7 Å². The summed E-state index contributed by atoms with van der Waals surface area (Å²) in [5.41, 5.74) is 3.92. The summed E-state index contributed by atoms with van der Waals surface area (Å²) in [5, 5.41) is 9.70. The fourth-order valence-corrected chi connectivity index (χ4v) is 2.39. The largest absolute Gasteiger partial charge is 0.441 e. The summed E-state index contributed by atoms with van der Waals surface area (Å²) in [6, 6.07) is 13.2. The third kappa shape index (κ3) is 4.00. The van der Waals surface area contributed by atoms with Crippen molar-refractivity contribution in [2.75, 3.05) is 0 Å². The predicted molar refractivity (Wildman–Crippen MR) is 87.6 cm³/mol. The molecule has 0 unspecified atom stereocenters. The maximum absolute atomic E-state index is 12.0. The van der Waals surface area contributed by atoms with Crippen LogP contribution in [0.25, 0.3) is 11.3 Å². The summed E-state index contributed by atoms with van der Waals surface area (Å²) in [5.74, 6) is -0.491. The Morgan fingerprint density at radius 2 is 2.00 bits per heavy atom. The number of rotatable bonds is 5. The van der Waals surface area contributed by atoms with Gasteiger partial charge in [0.05, 0.1) is 11.9 Å². The molecule has 0 saturated heterocycles. The minimum Gasteiger partial charge on any atom is -0.441 e. The van der Waals surface area contributed by atoms with Crippen molar-refractivity contribution < 1.29 is 22.2 Å². The molecular weight excluding hydrogens is 348 g/mol. The standard InChI is InChI=1S/C15H12N4O5S/c20-15(13-8-12(17-18-13)10-4-2-1-3-5-10)19-16-9-11-6-7-14(24-11)25(21,22)23/h1-9H,(H,17,18)(H,19,20)(H,21,22,23). The van der Waals surface area contributed by atoms with Crippen LogP contribution in [0.5, 0.6) is 0 Å². The van der Waals surface area contributed by atoms with Crippen LogP contribution in [-0.2, 0) is 10.1 Å². The van der Waals surface area contributed by atoms with Crippen molar-refractivity contribution in [3.63, 3.8) is 0 Å². The van der Waals surface area contributed by atoms with E-state index in [-0.39, 0.29) is 11.5 Å². The zero-order valence-electron chi connectivity index (χ0n) is 12.6. The first kappa shape index (κ1) is 16.6. The van der Waals surface area contributed by atoms with Gasteiger partial charge in [0.1, 0.15) is 11.5 Å². The van der Waals surface area contributed by atoms with Gasteiger partial charge in [-0.3, -0.25) is 14.4 Å². The van der Waals surface area contributed by atoms with Gasteiger partial charge < -0.3 is 4.42 Å². The molecule has 1 amide bonds. The number of furan rings is 1. The van der Waals surface area contributed by atoms with Gasteiger partial charge in [-0.1, -0.05) is 30.3 Å². The lowest BCUT2D eigenvalue weighted by Crippen LogP contribution is -2.17. The first-order valence-electron chi connectivity index (χ1n) is 6.95. The van der Waals surface area contributed by atoms with Gasteiger partial charge in [-0.05, 0) is 18.2 Å². The molecule has 0 radical (unpaired) electrons. The predicted octanol–water partition coefficient (Wildman–Crippen LogP) is 1.68. The van der Waals surface area contributed by atoms with Gasteiger partial charge in [-0.15, -0.1) is 0 Å². The highest BCUT2D eigenvalue weighted by Crippen LogP contribution is 2.16. The van der Waals surface area contributed by atoms with Gasteiger partial charge in [0, 0.05) is 5.56 Å². The second-order valence-electron chi connectivity index (χ2n) is 4.86. The third-order valence-corrected chi connectivity index (χ3v) is 3.83. The molecule has 0 spiro atoms. The zero-order valence-corrected chi connectivity index (χ0v) is 13.4. The molecule has 1 aromatic carbocycles. The fraction of sp³-hybridized carbons (Fsp3) is 0. The minimum atomic E-state index is -4.42. The van der Waals surface area contributed by atoms with E-state index in [1.807, 2.05) is 30.3 Å². The van der Waals surface area contributed by atoms with Crippen LogP contribution in [-0.4, -0.2) is 35.3 Å². The molecule has 10 heteroatoms. The van der Waals surface area contributed by atoms with Crippen LogP contribution in [0.2, 0.25) is 0 Å². The molecule has 0 atom stereocenters. The van der Waals surface area contributed by atoms with Gasteiger partial charge >= 0.3 is 10.1 Å². The number of hydrogen-bond acceptors (Lipinski definition) is 6. The summed E-state index contributed by atoms with van der Waals surface area (Å²) in [4.78, 5) is 12.0. The van der Waals surface area contributed by atoms with Crippen LogP contribution in [0, 0.1) is 0 Å². The average Bonchev–Trinajstić information content (AvgIpc) is 3.25. The van der Waals surface area contributed by atoms with Gasteiger partial charge in [0.15, 0.2) is 0 Å². The van der Waals surface area contributed by atoms with Crippen molar-refractivity contribution in [2.45, 2.75) is 5.09 Å². The van der Waals surface area contributed by atoms with Gasteiger partial charge in [-0.2, -0.15) is 18.6 Å². The van der Waals surface area contributed by atoms with E-state index >= 15 is 0 Å². The third-order valence-electron chi connectivity index (χ3n) is 3.11. The highest BCUT2D eigenvalue weighted by atomic mass is 32.2. The average molecular weight is 360 g/mol. The Hall–Kier alpha value is -3.24. The number of nitrogens with one attached hydrogen (secondary N) is 2. The molecule has 3 N–H and O–H groups in total. The molecule has 128 valence electrons. The number of carbonyl (C=O) groups excluding carboxylic acids is 1. The number of benzene rings is 1. The second-order valence-corrected chi connectivity index (χ2v) is 6.22. The Morgan fingerprint density at radius 1 is 1.24 bits per heavy atom. The monoisotopic (exact) mass is 360 g/mol. The Morgan fingerprint density at radius 3 is 2.68 bits per heavy atom. The maximum Gasteiger partial charge on any atom is 0.328 e. The summed E-state index contributed by atoms with van der Waals surface area (Å²) in [7, 11) is -4.42. The zero-order chi connectivity index (χ0) is 17.9. The number of hydrogen-bond donors (Lipinski definition) is 3. The van der Waals surface area contributed by atoms with Crippen molar-refractivity contribution >= 4 is 22.2 Å². The van der Waals surface area contributed by atoms with Crippen LogP contribution in [0.15, 0.2) is 63.1 Å². The number of amides is 1. The van der Waals surface area contributed by atoms with E-state index in [1.165, 1.54) is 6.07 Å². The summed E-state index contributed by atoms with van der Waals surface area (Å²) < 4.78 is 35.4. The SMILES string of the molecule is O=C(NN=Cc1ccc(S(=O)(=O)O)o1)c1cc(-c2ccccc2)n[nH]1. The maximum atomic E-state index is 12.0. The Balaban J connectivity index is 1.65. The van der Waals surface area contributed by atoms with Crippen molar-refractivity contribution in [1.82, 2.24) is 15.6 Å². The van der Waals surface area contributed by atoms with E-state index in [0.717, 1.165) is 17.8 Å². The van der Waals surface area contributed by atoms with Gasteiger partial charge in [0.2, 0.25) is 5.09 Å². The van der Waals surface area contributed by atoms with Crippen molar-refractivity contribution in [2.24, 2.45) is 5.10 Å². The van der Waals surface area contributed by atoms with Crippen molar-refractivity contribution in [3.8, 4) is 11.3 Å². The number of H-pyrrole nitrogens is 1. The number of carbonyl (C=O) groups is 1. The second kappa shape index (κ2) is 6.71. The number of aromatic nitrogens is 2. The van der Waals surface area contributed by atoms with E-state index < -0.39 is 21.1 Å². The lowest BCUT2D eigenvalue weighted by atomic mass is 10.1. The Labute approximate surface area is 142 Å². The highest BCUT2D eigenvalue weighted by molar-refractivity contribution is 7.85. The quantitative estimate of drug-likeness (QED) is 0.359. The smallest absolute Gasteiger partial charge is 0.328 e. The molecule has 0 aliphatic carbocycles. The lowest BCUT2D eigenvalue weighted by molar-refractivity contribution is 0.0950. The van der Waals surface area contributed by atoms with Crippen LogP contribution in [0.4, 0.5) is 0 Å². The first-order chi connectivity index (χ1) is 11.9. The number of hydrazone groups is 1. The van der Waals surface area contributed by atoms with Crippen LogP contribution in [0.3, 0.4) is 0 Å². The van der Waals surface area contributed by atoms with Crippen LogP contribution >= 0.6 is 0 Å². The van der Waals surface area contributed by atoms with Crippen LogP contribution < -0.4 is 5.43 Å². The molecule has 0 aliphatic rings. The summed E-state index contributed by atoms with van der Waals surface area (Å²) >= 11 is 0. The molecule has 25 heavy (non-hydrogen) atoms. The van der Waals surface area contributed by atoms with Crippen LogP contribution in [0.1, 0.15) is 16.2 Å². The molecule has 2 heterocycles. The molecule has 0 saturated carbocycles.